The zero-order valence-electron chi connectivity index (χ0n) is 11.1. The van der Waals surface area contributed by atoms with Crippen molar-refractivity contribution in [3.8, 4) is 5.75 Å². The Morgan fingerprint density at radius 1 is 1.43 bits per heavy atom. The van der Waals surface area contributed by atoms with Gasteiger partial charge in [0.05, 0.1) is 23.4 Å². The van der Waals surface area contributed by atoms with Crippen LogP contribution in [0.5, 0.6) is 5.75 Å². The molecule has 0 bridgehead atoms. The number of benzene rings is 1. The molecule has 0 amide bonds. The van der Waals surface area contributed by atoms with E-state index in [4.69, 9.17) is 9.84 Å². The van der Waals surface area contributed by atoms with Crippen LogP contribution < -0.4 is 10.2 Å². The van der Waals surface area contributed by atoms with Gasteiger partial charge in [0.2, 0.25) is 0 Å². The average Bonchev–Trinajstić information content (AvgIpc) is 2.48. The highest BCUT2D eigenvalue weighted by Gasteiger charge is 2.02. The molecule has 0 saturated heterocycles. The molecule has 0 unspecified atom stereocenters. The fraction of sp³-hybridized carbons (Fsp3) is 0.0714. The number of carboxylic acid groups (broad SMARTS) is 1. The molecule has 2 rings (SSSR count). The third-order valence-electron chi connectivity index (χ3n) is 2.58. The first-order valence-corrected chi connectivity index (χ1v) is 6.71. The summed E-state index contributed by atoms with van der Waals surface area (Å²) in [4.78, 5) is 14.6. The molecule has 0 aliphatic carbocycles. The van der Waals surface area contributed by atoms with Gasteiger partial charge in [-0.15, -0.1) is 0 Å². The van der Waals surface area contributed by atoms with Gasteiger partial charge in [-0.3, -0.25) is 5.43 Å². The van der Waals surface area contributed by atoms with Crippen LogP contribution in [0.1, 0.15) is 15.9 Å². The number of aromatic nitrogens is 1. The third kappa shape index (κ3) is 4.03. The number of rotatable bonds is 5. The second-order valence-electron chi connectivity index (χ2n) is 4.00. The van der Waals surface area contributed by atoms with Gasteiger partial charge in [-0.25, -0.2) is 9.78 Å². The number of nitrogens with one attached hydrogen (secondary N) is 1. The summed E-state index contributed by atoms with van der Waals surface area (Å²) < 4.78 is 5.97. The second kappa shape index (κ2) is 6.85. The van der Waals surface area contributed by atoms with Crippen molar-refractivity contribution in [3.63, 3.8) is 0 Å². The molecule has 0 aliphatic rings. The van der Waals surface area contributed by atoms with Crippen LogP contribution in [0.15, 0.2) is 46.1 Å². The zero-order chi connectivity index (χ0) is 15.2. The molecule has 1 aromatic heterocycles. The number of halogens is 1. The molecule has 0 atom stereocenters. The molecule has 0 radical (unpaired) electrons. The van der Waals surface area contributed by atoms with Crippen LogP contribution in [0, 0.1) is 0 Å². The number of carbonyl (C=O) groups is 1. The van der Waals surface area contributed by atoms with Crippen molar-refractivity contribution in [2.24, 2.45) is 5.10 Å². The molecule has 1 heterocycles. The van der Waals surface area contributed by atoms with Gasteiger partial charge >= 0.3 is 5.97 Å². The molecule has 2 aromatic rings. The van der Waals surface area contributed by atoms with Crippen LogP contribution in [-0.2, 0) is 0 Å². The zero-order valence-corrected chi connectivity index (χ0v) is 12.7. The Balaban J connectivity index is 2.01. The van der Waals surface area contributed by atoms with Gasteiger partial charge in [0.25, 0.3) is 0 Å². The van der Waals surface area contributed by atoms with Gasteiger partial charge in [0, 0.05) is 6.20 Å². The van der Waals surface area contributed by atoms with E-state index in [1.165, 1.54) is 12.3 Å². The highest BCUT2D eigenvalue weighted by atomic mass is 79.9. The molecule has 0 spiro atoms. The first-order valence-electron chi connectivity index (χ1n) is 5.92. The normalized spacial score (nSPS) is 10.6. The summed E-state index contributed by atoms with van der Waals surface area (Å²) in [7, 11) is 1.60. The van der Waals surface area contributed by atoms with E-state index < -0.39 is 5.97 Å². The first-order chi connectivity index (χ1) is 10.1. The van der Waals surface area contributed by atoms with Crippen LogP contribution >= 0.6 is 15.9 Å². The maximum absolute atomic E-state index is 10.7. The van der Waals surface area contributed by atoms with Crippen molar-refractivity contribution in [1.82, 2.24) is 4.98 Å². The molecule has 0 fully saturated rings. The van der Waals surface area contributed by atoms with E-state index >= 15 is 0 Å². The second-order valence-corrected chi connectivity index (χ2v) is 4.86. The molecule has 21 heavy (non-hydrogen) atoms. The number of ether oxygens (including phenoxy) is 1. The maximum Gasteiger partial charge on any atom is 0.337 e. The summed E-state index contributed by atoms with van der Waals surface area (Å²) in [5.41, 5.74) is 3.73. The van der Waals surface area contributed by atoms with Crippen molar-refractivity contribution in [2.45, 2.75) is 0 Å². The lowest BCUT2D eigenvalue weighted by atomic mass is 10.2. The van der Waals surface area contributed by atoms with Gasteiger partial charge < -0.3 is 9.84 Å². The predicted octanol–water partition coefficient (Wildman–Crippen LogP) is 3.00. The van der Waals surface area contributed by atoms with Crippen LogP contribution in [0.25, 0.3) is 0 Å². The van der Waals surface area contributed by atoms with Crippen molar-refractivity contribution >= 4 is 33.9 Å². The Kier molecular flexibility index (Phi) is 4.89. The Bertz CT molecular complexity index is 672. The summed E-state index contributed by atoms with van der Waals surface area (Å²) in [5.74, 6) is 0.190. The van der Waals surface area contributed by atoms with E-state index in [9.17, 15) is 4.79 Å². The lowest BCUT2D eigenvalue weighted by Crippen LogP contribution is -1.99. The van der Waals surface area contributed by atoms with E-state index in [0.29, 0.717) is 5.82 Å². The monoisotopic (exact) mass is 349 g/mol. The number of aromatic carboxylic acids is 1. The smallest absolute Gasteiger partial charge is 0.337 e. The molecule has 0 saturated carbocycles. The number of carboxylic acids is 1. The number of hydrogen-bond acceptors (Lipinski definition) is 5. The number of nitrogens with zero attached hydrogens (tertiary/aromatic N) is 2. The van der Waals surface area contributed by atoms with Crippen LogP contribution in [0.2, 0.25) is 0 Å². The van der Waals surface area contributed by atoms with Crippen LogP contribution in [-0.4, -0.2) is 29.4 Å². The largest absolute Gasteiger partial charge is 0.496 e. The predicted molar refractivity (Wildman–Crippen MR) is 83.1 cm³/mol. The molecule has 1 aromatic carbocycles. The van der Waals surface area contributed by atoms with Crippen molar-refractivity contribution in [1.29, 1.82) is 0 Å². The standard InChI is InChI=1S/C14H12BrN3O3/c1-21-12-4-2-9(6-11(12)15)7-17-18-13-5-3-10(8-16-13)14(19)20/h2-8H,1H3,(H,16,18)(H,19,20)/b17-7+. The molecule has 7 heteroatoms. The lowest BCUT2D eigenvalue weighted by Gasteiger charge is -2.03. The van der Waals surface area contributed by atoms with Crippen molar-refractivity contribution in [2.75, 3.05) is 12.5 Å². The van der Waals surface area contributed by atoms with Gasteiger partial charge in [0.1, 0.15) is 11.6 Å². The SMILES string of the molecule is COc1ccc(/C=N/Nc2ccc(C(=O)O)cn2)cc1Br. The minimum Gasteiger partial charge on any atom is -0.496 e. The lowest BCUT2D eigenvalue weighted by molar-refractivity contribution is 0.0696. The maximum atomic E-state index is 10.7. The molecule has 0 aliphatic heterocycles. The highest BCUT2D eigenvalue weighted by Crippen LogP contribution is 2.24. The minimum absolute atomic E-state index is 0.128. The molecule has 108 valence electrons. The topological polar surface area (TPSA) is 83.8 Å². The number of hydrazone groups is 1. The van der Waals surface area contributed by atoms with E-state index in [1.54, 1.807) is 19.4 Å². The average molecular weight is 350 g/mol. The summed E-state index contributed by atoms with van der Waals surface area (Å²) in [6, 6.07) is 8.55. The summed E-state index contributed by atoms with van der Waals surface area (Å²) in [6.45, 7) is 0. The molecule has 2 N–H and O–H groups in total. The van der Waals surface area contributed by atoms with Crippen molar-refractivity contribution < 1.29 is 14.6 Å². The molecule has 6 nitrogen and oxygen atoms in total. The van der Waals surface area contributed by atoms with Crippen LogP contribution in [0.4, 0.5) is 5.82 Å². The first kappa shape index (κ1) is 15.0. The third-order valence-corrected chi connectivity index (χ3v) is 3.20. The molecular formula is C14H12BrN3O3. The van der Waals surface area contributed by atoms with E-state index in [-0.39, 0.29) is 5.56 Å². The summed E-state index contributed by atoms with van der Waals surface area (Å²) in [5, 5.41) is 12.8. The Hall–Kier alpha value is -2.41. The Morgan fingerprint density at radius 3 is 2.81 bits per heavy atom. The highest BCUT2D eigenvalue weighted by molar-refractivity contribution is 9.10. The van der Waals surface area contributed by atoms with Gasteiger partial charge in [-0.1, -0.05) is 0 Å². The molecular weight excluding hydrogens is 338 g/mol. The Morgan fingerprint density at radius 2 is 2.24 bits per heavy atom. The van der Waals surface area contributed by atoms with E-state index in [1.807, 2.05) is 18.2 Å². The van der Waals surface area contributed by atoms with E-state index in [2.05, 4.69) is 31.4 Å². The van der Waals surface area contributed by atoms with Gasteiger partial charge in [-0.05, 0) is 51.8 Å². The number of anilines is 1. The fourth-order valence-electron chi connectivity index (χ4n) is 1.52. The van der Waals surface area contributed by atoms with Gasteiger partial charge in [-0.2, -0.15) is 5.10 Å². The fourth-order valence-corrected chi connectivity index (χ4v) is 2.08. The van der Waals surface area contributed by atoms with Crippen LogP contribution in [0.3, 0.4) is 0 Å². The Labute approximate surface area is 129 Å². The minimum atomic E-state index is -1.01. The summed E-state index contributed by atoms with van der Waals surface area (Å²) in [6.07, 6.45) is 2.89. The number of methoxy groups -OCH3 is 1. The van der Waals surface area contributed by atoms with Crippen molar-refractivity contribution in [3.05, 3.63) is 52.1 Å². The van der Waals surface area contributed by atoms with E-state index in [0.717, 1.165) is 15.8 Å². The number of hydrogen-bond donors (Lipinski definition) is 2. The van der Waals surface area contributed by atoms with Gasteiger partial charge in [0.15, 0.2) is 0 Å². The summed E-state index contributed by atoms with van der Waals surface area (Å²) >= 11 is 3.39. The quantitative estimate of drug-likeness (QED) is 0.640. The number of pyridine rings is 1.